The van der Waals surface area contributed by atoms with E-state index < -0.39 is 0 Å². The van der Waals surface area contributed by atoms with Crippen molar-refractivity contribution in [2.45, 2.75) is 107 Å². The number of hydrogen-bond donors (Lipinski definition) is 0. The number of thioether (sulfide) groups is 1. The third-order valence-electron chi connectivity index (χ3n) is 6.22. The average molecular weight is 619 g/mol. The number of imide groups is 1. The van der Waals surface area contributed by atoms with Crippen LogP contribution in [0.15, 0.2) is 28.2 Å². The van der Waals surface area contributed by atoms with Gasteiger partial charge in [0.05, 0.1) is 29.6 Å². The summed E-state index contributed by atoms with van der Waals surface area (Å²) in [5.41, 5.74) is 2.14. The van der Waals surface area contributed by atoms with E-state index in [0.29, 0.717) is 43.1 Å². The highest BCUT2D eigenvalue weighted by molar-refractivity contribution is 8.00. The number of hydrogen-bond acceptors (Lipinski definition) is 9. The summed E-state index contributed by atoms with van der Waals surface area (Å²) in [6, 6.07) is 0. The van der Waals surface area contributed by atoms with Gasteiger partial charge in [-0.25, -0.2) is 0 Å². The first kappa shape index (κ1) is 38.3. The number of amides is 2. The van der Waals surface area contributed by atoms with E-state index in [-0.39, 0.29) is 41.0 Å². The molecule has 3 aliphatic rings. The van der Waals surface area contributed by atoms with Gasteiger partial charge >= 0.3 is 0 Å². The van der Waals surface area contributed by atoms with Gasteiger partial charge in [0, 0.05) is 38.0 Å². The molecule has 1 aromatic heterocycles. The Kier molecular flexibility index (Phi) is 17.4. The smallest absolute Gasteiger partial charge is 0.232 e. The highest BCUT2D eigenvalue weighted by Crippen LogP contribution is 2.26. The highest BCUT2D eigenvalue weighted by atomic mass is 32.2. The van der Waals surface area contributed by atoms with Crippen LogP contribution < -0.4 is 0 Å². The van der Waals surface area contributed by atoms with Gasteiger partial charge in [-0.05, 0) is 48.8 Å². The Bertz CT molecular complexity index is 1110. The quantitative estimate of drug-likeness (QED) is 0.233. The number of nitrogens with zero attached hydrogens (tertiary/aromatic N) is 6. The van der Waals surface area contributed by atoms with Gasteiger partial charge in [0.2, 0.25) is 11.8 Å². The predicted molar refractivity (Wildman–Crippen MR) is 173 cm³/mol. The van der Waals surface area contributed by atoms with E-state index in [1.807, 2.05) is 31.6 Å². The van der Waals surface area contributed by atoms with E-state index in [0.717, 1.165) is 36.7 Å². The second-order valence-electron chi connectivity index (χ2n) is 13.1. The van der Waals surface area contributed by atoms with Crippen LogP contribution in [0.4, 0.5) is 0 Å². The molecule has 1 aromatic rings. The standard InChI is InChI=1S/C9H15NO2.C9H14O2S.C7H13N3.C7H12N2/c1-6(2)5-10-8(11)4-7(3)9(10)12;1-6(2)5-12-9-4-7(10)3-8(9)11;1-6(2)4-10-5-7(3)8-9-10;1-6(2)5-7-3-4-8-9-7/h6-7H,4-5H2,1-3H3;6,9H,3-5H2,1-2H3;5-6H,4H2,1-3H3;3,6H,4-5H2,1-2H3. The van der Waals surface area contributed by atoms with Gasteiger partial charge in [0.25, 0.3) is 0 Å². The van der Waals surface area contributed by atoms with Crippen molar-refractivity contribution < 1.29 is 19.2 Å². The number of aromatic nitrogens is 3. The van der Waals surface area contributed by atoms with Gasteiger partial charge in [-0.2, -0.15) is 10.2 Å². The summed E-state index contributed by atoms with van der Waals surface area (Å²) in [5, 5.41) is 15.6. The lowest BCUT2D eigenvalue weighted by molar-refractivity contribution is -0.139. The second kappa shape index (κ2) is 19.6. The minimum Gasteiger partial charge on any atom is -0.299 e. The molecule has 2 aliphatic heterocycles. The zero-order valence-electron chi connectivity index (χ0n) is 28.0. The van der Waals surface area contributed by atoms with Gasteiger partial charge in [0.1, 0.15) is 5.78 Å². The summed E-state index contributed by atoms with van der Waals surface area (Å²) in [5.74, 6) is 3.40. The predicted octanol–water partition coefficient (Wildman–Crippen LogP) is 6.34. The molecule has 2 fully saturated rings. The molecular formula is C32H54N6O4S. The number of aryl methyl sites for hydroxylation is 1. The fourth-order valence-corrected chi connectivity index (χ4v) is 5.48. The van der Waals surface area contributed by atoms with Crippen LogP contribution in [0.3, 0.4) is 0 Å². The molecule has 11 heteroatoms. The molecular weight excluding hydrogens is 564 g/mol. The Balaban J connectivity index is 0.000000289. The maximum atomic E-state index is 11.4. The molecule has 10 nitrogen and oxygen atoms in total. The Morgan fingerprint density at radius 3 is 1.95 bits per heavy atom. The molecule has 1 aliphatic carbocycles. The van der Waals surface area contributed by atoms with Crippen molar-refractivity contribution >= 4 is 35.1 Å². The van der Waals surface area contributed by atoms with Crippen LogP contribution in [0.25, 0.3) is 0 Å². The maximum absolute atomic E-state index is 11.4. The lowest BCUT2D eigenvalue weighted by atomic mass is 10.1. The minimum atomic E-state index is -0.101. The number of rotatable bonds is 9. The van der Waals surface area contributed by atoms with Gasteiger partial charge in [-0.15, -0.1) is 16.9 Å². The summed E-state index contributed by atoms with van der Waals surface area (Å²) < 4.78 is 1.88. The van der Waals surface area contributed by atoms with Crippen LogP contribution >= 0.6 is 11.8 Å². The Hall–Kier alpha value is -2.69. The molecule has 0 aromatic carbocycles. The van der Waals surface area contributed by atoms with Crippen molar-refractivity contribution in [3.63, 3.8) is 0 Å². The van der Waals surface area contributed by atoms with Crippen molar-refractivity contribution in [3.8, 4) is 0 Å². The van der Waals surface area contributed by atoms with Crippen molar-refractivity contribution in [2.24, 2.45) is 39.8 Å². The molecule has 43 heavy (non-hydrogen) atoms. The highest BCUT2D eigenvalue weighted by Gasteiger charge is 2.35. The van der Waals surface area contributed by atoms with Crippen LogP contribution in [0.5, 0.6) is 0 Å². The minimum absolute atomic E-state index is 0.00583. The second-order valence-corrected chi connectivity index (χ2v) is 14.4. The van der Waals surface area contributed by atoms with Crippen molar-refractivity contribution in [1.82, 2.24) is 19.9 Å². The van der Waals surface area contributed by atoms with Crippen LogP contribution in [0.2, 0.25) is 0 Å². The molecule has 4 rings (SSSR count). The molecule has 1 saturated heterocycles. The molecule has 0 bridgehead atoms. The van der Waals surface area contributed by atoms with E-state index in [4.69, 9.17) is 0 Å². The molecule has 0 spiro atoms. The molecule has 1 saturated carbocycles. The zero-order chi connectivity index (χ0) is 32.7. The number of azo groups is 1. The fourth-order valence-electron chi connectivity index (χ4n) is 4.29. The Morgan fingerprint density at radius 2 is 1.56 bits per heavy atom. The summed E-state index contributed by atoms with van der Waals surface area (Å²) in [6.45, 7) is 23.0. The number of likely N-dealkylation sites (tertiary alicyclic amines) is 1. The fraction of sp³-hybridized carbons (Fsp3) is 0.750. The van der Waals surface area contributed by atoms with E-state index >= 15 is 0 Å². The number of carbonyl (C=O) groups is 4. The topological polar surface area (TPSA) is 127 Å². The van der Waals surface area contributed by atoms with Gasteiger partial charge < -0.3 is 0 Å². The summed E-state index contributed by atoms with van der Waals surface area (Å²) in [6.07, 6.45) is 6.15. The number of carbonyl (C=O) groups excluding carboxylic acids is 4. The maximum Gasteiger partial charge on any atom is 0.232 e. The monoisotopic (exact) mass is 618 g/mol. The third-order valence-corrected chi connectivity index (χ3v) is 7.91. The normalized spacial score (nSPS) is 19.6. The SMILES string of the molecule is CC(C)CC1=CCN=N1.CC(C)CN1C(=O)CC(C)C1=O.CC(C)CSC1CC(=O)CC1=O.Cc1cn(CC(C)C)nn1. The van der Waals surface area contributed by atoms with Crippen molar-refractivity contribution in [3.05, 3.63) is 23.7 Å². The lowest BCUT2D eigenvalue weighted by Gasteiger charge is -2.16. The van der Waals surface area contributed by atoms with Crippen molar-refractivity contribution in [1.29, 1.82) is 0 Å². The van der Waals surface area contributed by atoms with Crippen molar-refractivity contribution in [2.75, 3.05) is 18.8 Å². The van der Waals surface area contributed by atoms with E-state index in [1.54, 1.807) is 18.7 Å². The molecule has 3 heterocycles. The van der Waals surface area contributed by atoms with Gasteiger partial charge in [-0.3, -0.25) is 28.8 Å². The molecule has 2 amide bonds. The first-order chi connectivity index (χ1) is 20.1. The van der Waals surface area contributed by atoms with Crippen LogP contribution in [-0.2, 0) is 25.7 Å². The average Bonchev–Trinajstić information content (AvgIpc) is 3.66. The van der Waals surface area contributed by atoms with Crippen LogP contribution in [0, 0.1) is 36.5 Å². The Labute approximate surface area is 262 Å². The molecule has 242 valence electrons. The van der Waals surface area contributed by atoms with E-state index in [9.17, 15) is 19.2 Å². The lowest BCUT2D eigenvalue weighted by Crippen LogP contribution is -2.33. The summed E-state index contributed by atoms with van der Waals surface area (Å²) in [7, 11) is 0. The summed E-state index contributed by atoms with van der Waals surface area (Å²) in [4.78, 5) is 46.0. The number of Topliss-reactive ketones (excluding diaryl/α,β-unsaturated/α-hetero) is 2. The molecule has 0 radical (unpaired) electrons. The largest absolute Gasteiger partial charge is 0.299 e. The van der Waals surface area contributed by atoms with Crippen LogP contribution in [-0.4, -0.2) is 67.4 Å². The third kappa shape index (κ3) is 16.1. The zero-order valence-corrected chi connectivity index (χ0v) is 28.8. The van der Waals surface area contributed by atoms with Crippen LogP contribution in [0.1, 0.15) is 93.7 Å². The first-order valence-electron chi connectivity index (χ1n) is 15.5. The molecule has 0 N–H and O–H groups in total. The summed E-state index contributed by atoms with van der Waals surface area (Å²) >= 11 is 1.63. The Morgan fingerprint density at radius 1 is 0.907 bits per heavy atom. The molecule has 2 unspecified atom stereocenters. The van der Waals surface area contributed by atoms with E-state index in [1.165, 1.54) is 4.90 Å². The number of allylic oxidation sites excluding steroid dienone is 1. The number of ketones is 2. The first-order valence-corrected chi connectivity index (χ1v) is 16.6. The molecule has 2 atom stereocenters. The van der Waals surface area contributed by atoms with E-state index in [2.05, 4.69) is 68.2 Å². The van der Waals surface area contributed by atoms with Gasteiger partial charge in [-0.1, -0.05) is 67.5 Å². The van der Waals surface area contributed by atoms with Gasteiger partial charge in [0.15, 0.2) is 5.78 Å².